The van der Waals surface area contributed by atoms with Crippen LogP contribution in [0.4, 0.5) is 23.3 Å². The Morgan fingerprint density at radius 2 is 0.741 bits per heavy atom. The topological polar surface area (TPSA) is 587 Å². The van der Waals surface area contributed by atoms with Gasteiger partial charge in [0.1, 0.15) is 121 Å². The molecule has 8 aromatic rings. The number of nitrogens with zero attached hydrogens (tertiary/aromatic N) is 16. The number of aromatic nitrogens is 16. The third-order valence-electron chi connectivity index (χ3n) is 14.1. The predicted octanol–water partition coefficient (Wildman–Crippen LogP) is -4.32. The highest BCUT2D eigenvalue weighted by Crippen LogP contribution is 2.55. The van der Waals surface area contributed by atoms with Gasteiger partial charge in [-0.3, -0.25) is 40.9 Å². The zero-order valence-corrected chi connectivity index (χ0v) is 46.3. The van der Waals surface area contributed by atoms with Gasteiger partial charge in [-0.05, 0) is 11.8 Å². The maximum absolute atomic E-state index is 14.1. The standard InChI is InChI=1S/C40H49N20O21P3S/c41-29-17-33(49-5-45-29)57(9-53-17)37-25(66)21(62)14(76-37)4-74-84(71,85)81-28-24(65)16(78-40(28)60-12-56-20-32(44)48-8-52-36(20)60)3-73-83(69,70)80-27-23(64)15(77-39(27)59-11-55-19-31(43)47-7-51-35(19)59)2-72-82(67,68)79-26-22(63)13(1-61)75-38(26)58-10-54-18-30(42)46-6-50-34(18)58/h5-16,21-28,37-40,61-66H,1-4H2,(H,67,68)(H,69,70)(H,71,85)(H2,41,45,49)(H2,42,46,50)(H2,43,47,51)(H2,44,48,52)/t13-,14-,15-,16-,21-,22-,23-,24-,25-,26-,27-,28-,37-,38-,39-,40-,84?/m1/s1. The van der Waals surface area contributed by atoms with Gasteiger partial charge in [-0.25, -0.2) is 68.9 Å². The fourth-order valence-electron chi connectivity index (χ4n) is 9.97. The molecule has 4 fully saturated rings. The summed E-state index contributed by atoms with van der Waals surface area (Å²) in [5.74, 6) is -0.162. The third-order valence-corrected chi connectivity index (χ3v) is 17.6. The number of anilines is 4. The van der Waals surface area contributed by atoms with Crippen LogP contribution in [0.15, 0.2) is 50.6 Å². The van der Waals surface area contributed by atoms with E-state index in [2.05, 4.69) is 59.8 Å². The molecule has 41 nitrogen and oxygen atoms in total. The number of hydrogen-bond acceptors (Lipinski definition) is 35. The van der Waals surface area contributed by atoms with Gasteiger partial charge in [0.15, 0.2) is 70.8 Å². The zero-order valence-electron chi connectivity index (χ0n) is 42.8. The molecule has 3 unspecified atom stereocenters. The summed E-state index contributed by atoms with van der Waals surface area (Å²) in [7, 11) is -10.9. The van der Waals surface area contributed by atoms with Crippen molar-refractivity contribution in [1.82, 2.24) is 78.1 Å². The van der Waals surface area contributed by atoms with E-state index in [4.69, 9.17) is 80.8 Å². The molecule has 45 heteroatoms. The Labute approximate surface area is 477 Å². The molecule has 12 heterocycles. The number of hydrogen-bond donors (Lipinski definition) is 13. The predicted molar refractivity (Wildman–Crippen MR) is 280 cm³/mol. The number of aliphatic hydroxyl groups excluding tert-OH is 6. The minimum atomic E-state index is -5.53. The number of aliphatic hydroxyl groups is 6. The first-order chi connectivity index (χ1) is 40.5. The van der Waals surface area contributed by atoms with Gasteiger partial charge < -0.3 is 91.7 Å². The molecule has 0 radical (unpaired) electrons. The summed E-state index contributed by atoms with van der Waals surface area (Å²) in [6.07, 6.45) is -17.5. The summed E-state index contributed by atoms with van der Waals surface area (Å²) in [6, 6.07) is 0. The largest absolute Gasteiger partial charge is 0.472 e. The van der Waals surface area contributed by atoms with Gasteiger partial charge in [-0.15, -0.1) is 0 Å². The van der Waals surface area contributed by atoms with Crippen molar-refractivity contribution in [1.29, 1.82) is 0 Å². The quantitative estimate of drug-likeness (QED) is 0.0321. The summed E-state index contributed by atoms with van der Waals surface area (Å²) < 4.78 is 89.7. The van der Waals surface area contributed by atoms with E-state index in [1.165, 1.54) is 32.7 Å². The van der Waals surface area contributed by atoms with Crippen LogP contribution < -0.4 is 22.9 Å². The van der Waals surface area contributed by atoms with Crippen LogP contribution in [-0.4, -0.2) is 223 Å². The van der Waals surface area contributed by atoms with Crippen molar-refractivity contribution < 1.29 is 101 Å². The Bertz CT molecular complexity index is 3950. The van der Waals surface area contributed by atoms with E-state index in [0.29, 0.717) is 0 Å². The second kappa shape index (κ2) is 22.8. The maximum atomic E-state index is 14.1. The third kappa shape index (κ3) is 11.1. The zero-order chi connectivity index (χ0) is 60.0. The highest BCUT2D eigenvalue weighted by molar-refractivity contribution is 8.07. The van der Waals surface area contributed by atoms with Gasteiger partial charge in [0, 0.05) is 0 Å². The van der Waals surface area contributed by atoms with Crippen LogP contribution in [0.2, 0.25) is 0 Å². The van der Waals surface area contributed by atoms with Crippen LogP contribution in [0.1, 0.15) is 24.9 Å². The van der Waals surface area contributed by atoms with Crippen molar-refractivity contribution in [2.75, 3.05) is 49.4 Å². The molecule has 19 atom stereocenters. The fourth-order valence-corrected chi connectivity index (χ4v) is 13.2. The molecular formula is C40H49N20O21P3S. The van der Waals surface area contributed by atoms with Crippen LogP contribution in [-0.2, 0) is 67.0 Å². The summed E-state index contributed by atoms with van der Waals surface area (Å²) in [5, 5.41) is 66.7. The average Bonchev–Trinajstić information content (AvgIpc) is 1.89. The highest BCUT2D eigenvalue weighted by Gasteiger charge is 2.55. The number of rotatable bonds is 20. The normalized spacial score (nSPS) is 32.0. The number of fused-ring (bicyclic) bond motifs is 4. The van der Waals surface area contributed by atoms with Crippen LogP contribution in [0.3, 0.4) is 0 Å². The van der Waals surface area contributed by atoms with Crippen LogP contribution in [0.5, 0.6) is 0 Å². The summed E-state index contributed by atoms with van der Waals surface area (Å²) in [6.45, 7) is -8.11. The van der Waals surface area contributed by atoms with Gasteiger partial charge in [0.25, 0.3) is 0 Å². The van der Waals surface area contributed by atoms with Crippen molar-refractivity contribution >= 4 is 102 Å². The molecule has 17 N–H and O–H groups in total. The van der Waals surface area contributed by atoms with E-state index in [1.54, 1.807) is 0 Å². The summed E-state index contributed by atoms with van der Waals surface area (Å²) >= 11 is 5.36. The molecule has 4 aliphatic heterocycles. The van der Waals surface area contributed by atoms with Crippen LogP contribution in [0, 0.1) is 0 Å². The highest BCUT2D eigenvalue weighted by atomic mass is 32.5. The summed E-state index contributed by atoms with van der Waals surface area (Å²) in [5.41, 5.74) is 24.5. The second-order valence-corrected chi connectivity index (χ2v) is 24.8. The number of nitrogen functional groups attached to an aromatic ring is 4. The molecule has 0 saturated carbocycles. The lowest BCUT2D eigenvalue weighted by atomic mass is 10.1. The molecular weight excluding hydrogens is 1220 g/mol. The second-order valence-electron chi connectivity index (χ2n) is 19.2. The number of imidazole rings is 4. The number of phosphoric ester groups is 2. The monoisotopic (exact) mass is 1270 g/mol. The Hall–Kier alpha value is -6.25. The Morgan fingerprint density at radius 3 is 1.12 bits per heavy atom. The van der Waals surface area contributed by atoms with Crippen molar-refractivity contribution in [3.8, 4) is 0 Å². The number of ether oxygens (including phenoxy) is 4. The van der Waals surface area contributed by atoms with E-state index in [1.807, 2.05) is 0 Å². The summed E-state index contributed by atoms with van der Waals surface area (Å²) in [4.78, 5) is 82.9. The molecule has 0 aliphatic carbocycles. The number of phosphoric acid groups is 2. The van der Waals surface area contributed by atoms with Gasteiger partial charge in [0.2, 0.25) is 0 Å². The first kappa shape index (κ1) is 59.1. The molecule has 0 amide bonds. The SMILES string of the molecule is Nc1ncnc2c1ncn2[C@@H]1O[C@H](COP(O)(=S)O[C@@H]2[C@H](O)[C@@H](COP(=O)(O)O[C@@H]3[C@H](O)[C@@H](COP(=O)(O)O[C@@H]4[C@H](O)[C@@H](CO)O[C@H]4n4cnc5c(N)ncnc54)O[C@H]3n3cnc4c(N)ncnc43)O[C@H]2n2cnc3c(N)ncnc32)[C@@H](O)[C@H]1O. The van der Waals surface area contributed by atoms with E-state index >= 15 is 0 Å². The number of nitrogens with two attached hydrogens (primary N) is 4. The van der Waals surface area contributed by atoms with Gasteiger partial charge in [-0.2, -0.15) is 0 Å². The van der Waals surface area contributed by atoms with E-state index in [-0.39, 0.29) is 67.9 Å². The molecule has 0 spiro atoms. The van der Waals surface area contributed by atoms with Crippen LogP contribution >= 0.6 is 22.4 Å². The molecule has 12 rings (SSSR count). The first-order valence-corrected chi connectivity index (χ1v) is 30.4. The molecule has 4 saturated heterocycles. The maximum Gasteiger partial charge on any atom is 0.472 e. The lowest BCUT2D eigenvalue weighted by Gasteiger charge is -2.27. The molecule has 85 heavy (non-hydrogen) atoms. The van der Waals surface area contributed by atoms with E-state index < -0.39 is 147 Å². The van der Waals surface area contributed by atoms with E-state index in [9.17, 15) is 54.4 Å². The lowest BCUT2D eigenvalue weighted by Crippen LogP contribution is -2.37. The van der Waals surface area contributed by atoms with Gasteiger partial charge in [0.05, 0.1) is 51.7 Å². The molecule has 456 valence electrons. The minimum absolute atomic E-state index is 0.0134. The average molecular weight is 1270 g/mol. The molecule has 0 aromatic carbocycles. The Morgan fingerprint density at radius 1 is 0.435 bits per heavy atom. The van der Waals surface area contributed by atoms with Gasteiger partial charge in [-0.1, -0.05) is 0 Å². The Kier molecular flexibility index (Phi) is 15.8. The van der Waals surface area contributed by atoms with Crippen molar-refractivity contribution in [2.45, 2.75) is 98.2 Å². The first-order valence-electron chi connectivity index (χ1n) is 24.8. The van der Waals surface area contributed by atoms with Gasteiger partial charge >= 0.3 is 22.4 Å². The Balaban J connectivity index is 0.749. The molecule has 8 aromatic heterocycles. The lowest BCUT2D eigenvalue weighted by molar-refractivity contribution is -0.0647. The van der Waals surface area contributed by atoms with Crippen LogP contribution in [0.25, 0.3) is 44.7 Å². The van der Waals surface area contributed by atoms with Crippen molar-refractivity contribution in [3.05, 3.63) is 50.6 Å². The van der Waals surface area contributed by atoms with E-state index in [0.717, 1.165) is 36.2 Å². The fraction of sp³-hybridized carbons (Fsp3) is 0.500. The molecule has 4 aliphatic rings. The van der Waals surface area contributed by atoms with Crippen molar-refractivity contribution in [3.63, 3.8) is 0 Å². The smallest absolute Gasteiger partial charge is 0.394 e. The molecule has 0 bridgehead atoms. The minimum Gasteiger partial charge on any atom is -0.394 e. The van der Waals surface area contributed by atoms with Crippen molar-refractivity contribution in [2.24, 2.45) is 0 Å².